The number of likely N-dealkylation sites (N-methyl/N-ethyl adjacent to an activating group) is 1. The topological polar surface area (TPSA) is 119 Å². The van der Waals surface area contributed by atoms with Gasteiger partial charge < -0.3 is 15.8 Å². The van der Waals surface area contributed by atoms with Crippen molar-refractivity contribution in [3.05, 3.63) is 0 Å². The first-order chi connectivity index (χ1) is 11.8. The van der Waals surface area contributed by atoms with Gasteiger partial charge in [0.2, 0.25) is 0 Å². The molecule has 7 heteroatoms. The number of nitrogens with zero attached hydrogens (tertiary/aromatic N) is 1. The molecule has 0 rings (SSSR count). The second-order valence-electron chi connectivity index (χ2n) is 4.50. The van der Waals surface area contributed by atoms with E-state index in [9.17, 15) is 14.4 Å². The summed E-state index contributed by atoms with van der Waals surface area (Å²) in [4.78, 5) is 43.6. The fourth-order valence-electron chi connectivity index (χ4n) is 0.839. The fourth-order valence-corrected chi connectivity index (χ4v) is 0.839. The zero-order valence-electron chi connectivity index (χ0n) is 16.8. The third-order valence-electron chi connectivity index (χ3n) is 2.43. The van der Waals surface area contributed by atoms with E-state index in [2.05, 4.69) is 10.3 Å². The molecule has 7 nitrogen and oxygen atoms in total. The van der Waals surface area contributed by atoms with Crippen LogP contribution in [0.3, 0.4) is 0 Å². The van der Waals surface area contributed by atoms with Gasteiger partial charge in [-0.2, -0.15) is 0 Å². The summed E-state index contributed by atoms with van der Waals surface area (Å²) in [7, 11) is 0. The second kappa shape index (κ2) is 30.2. The third kappa shape index (κ3) is 44.9. The summed E-state index contributed by atoms with van der Waals surface area (Å²) < 4.78 is 0. The fraction of sp³-hybridized carbons (Fsp3) is 0.722. The molecule has 0 saturated heterocycles. The first kappa shape index (κ1) is 31.1. The van der Waals surface area contributed by atoms with Crippen molar-refractivity contribution >= 4 is 29.9 Å². The summed E-state index contributed by atoms with van der Waals surface area (Å²) in [6.45, 7) is 12.7. The highest BCUT2D eigenvalue weighted by atomic mass is 16.1. The number of hydrogen-bond acceptors (Lipinski definition) is 7. The lowest BCUT2D eigenvalue weighted by atomic mass is 10.3. The minimum atomic E-state index is 0.120. The van der Waals surface area contributed by atoms with Crippen molar-refractivity contribution in [2.24, 2.45) is 10.7 Å². The highest BCUT2D eigenvalue weighted by Gasteiger charge is 1.92. The number of nitrogens with two attached hydrogens (primary N) is 1. The van der Waals surface area contributed by atoms with Gasteiger partial charge in [-0.3, -0.25) is 19.4 Å². The number of aliphatic imine (C=N–C) groups is 1. The number of carbonyl (C=O) groups is 4. The van der Waals surface area contributed by atoms with Gasteiger partial charge in [-0.15, -0.1) is 0 Å². The molecule has 0 amide bonds. The average Bonchev–Trinajstić information content (AvgIpc) is 2.64. The third-order valence-corrected chi connectivity index (χ3v) is 2.43. The molecule has 25 heavy (non-hydrogen) atoms. The lowest BCUT2D eigenvalue weighted by molar-refractivity contribution is -0.118. The largest absolute Gasteiger partial charge is 0.324 e. The molecule has 0 aromatic rings. The van der Waals surface area contributed by atoms with E-state index < -0.39 is 0 Å². The Kier molecular flexibility index (Phi) is 37.5. The van der Waals surface area contributed by atoms with Crippen molar-refractivity contribution in [1.82, 2.24) is 5.32 Å². The molecule has 0 fully saturated rings. The van der Waals surface area contributed by atoms with Gasteiger partial charge in [0.05, 0.1) is 19.6 Å². The van der Waals surface area contributed by atoms with Gasteiger partial charge in [0.15, 0.2) is 5.78 Å². The zero-order valence-corrected chi connectivity index (χ0v) is 16.8. The van der Waals surface area contributed by atoms with Crippen molar-refractivity contribution in [3.8, 4) is 0 Å². The lowest BCUT2D eigenvalue weighted by Gasteiger charge is -1.95. The molecule has 0 unspecified atom stereocenters. The van der Waals surface area contributed by atoms with Crippen LogP contribution in [0.15, 0.2) is 4.99 Å². The summed E-state index contributed by atoms with van der Waals surface area (Å²) in [5, 5.41) is 2.95. The summed E-state index contributed by atoms with van der Waals surface area (Å²) in [5.41, 5.74) is 4.93. The predicted octanol–water partition coefficient (Wildman–Crippen LogP) is 1.76. The number of aldehydes is 1. The quantitative estimate of drug-likeness (QED) is 0.478. The summed E-state index contributed by atoms with van der Waals surface area (Å²) >= 11 is 0. The number of hydrogen-bond donors (Lipinski definition) is 2. The maximum absolute atomic E-state index is 10.5. The van der Waals surface area contributed by atoms with Crippen molar-refractivity contribution in [1.29, 1.82) is 0 Å². The molecular formula is C18H37N3O4. The van der Waals surface area contributed by atoms with Gasteiger partial charge in [-0.25, -0.2) is 0 Å². The highest BCUT2D eigenvalue weighted by molar-refractivity contribution is 5.81. The Balaban J connectivity index is -0.000000124. The predicted molar refractivity (Wildman–Crippen MR) is 104 cm³/mol. The van der Waals surface area contributed by atoms with Crippen LogP contribution in [0.2, 0.25) is 0 Å². The SMILES string of the molecule is CC=NCC(=O)CC.CC=O.CCC(=O)CN.CCNCC(=O)CC. The Morgan fingerprint density at radius 2 is 1.36 bits per heavy atom. The molecule has 0 aliphatic carbocycles. The van der Waals surface area contributed by atoms with Gasteiger partial charge >= 0.3 is 0 Å². The van der Waals surface area contributed by atoms with E-state index >= 15 is 0 Å². The number of Topliss-reactive ketones (excluding diaryl/α,β-unsaturated/α-hetero) is 3. The van der Waals surface area contributed by atoms with Crippen molar-refractivity contribution in [2.45, 2.75) is 60.8 Å². The lowest BCUT2D eigenvalue weighted by Crippen LogP contribution is -2.21. The molecule has 0 saturated carbocycles. The van der Waals surface area contributed by atoms with Crippen LogP contribution in [-0.2, 0) is 19.2 Å². The number of ketones is 3. The minimum Gasteiger partial charge on any atom is -0.324 e. The Morgan fingerprint density at radius 1 is 0.920 bits per heavy atom. The molecule has 0 radical (unpaired) electrons. The average molecular weight is 360 g/mol. The smallest absolute Gasteiger partial charge is 0.153 e. The van der Waals surface area contributed by atoms with Crippen LogP contribution in [0.1, 0.15) is 60.8 Å². The standard InChI is InChI=1S/C6H13NO.C6H11NO.C4H9NO.C2H4O/c2*1-3-6(8)5-7-4-2;1-2-4(6)3-5;1-2-3/h7H,3-5H2,1-2H3;4H,3,5H2,1-2H3;2-3,5H2,1H3;2H,1H3. The van der Waals surface area contributed by atoms with Gasteiger partial charge in [-0.05, 0) is 26.6 Å². The molecule has 0 aliphatic rings. The summed E-state index contributed by atoms with van der Waals surface area (Å²) in [6.07, 6.45) is 4.20. The van der Waals surface area contributed by atoms with Crippen molar-refractivity contribution in [2.75, 3.05) is 26.2 Å². The van der Waals surface area contributed by atoms with Crippen LogP contribution >= 0.6 is 0 Å². The minimum absolute atomic E-state index is 0.120. The number of rotatable bonds is 9. The molecule has 0 heterocycles. The molecule has 0 spiro atoms. The van der Waals surface area contributed by atoms with Crippen LogP contribution in [0.4, 0.5) is 0 Å². The van der Waals surface area contributed by atoms with E-state index in [0.717, 1.165) is 12.8 Å². The summed E-state index contributed by atoms with van der Waals surface area (Å²) in [5.74, 6) is 0.602. The first-order valence-corrected chi connectivity index (χ1v) is 8.64. The van der Waals surface area contributed by atoms with E-state index in [1.165, 1.54) is 6.92 Å². The molecule has 148 valence electrons. The van der Waals surface area contributed by atoms with E-state index in [0.29, 0.717) is 32.4 Å². The molecule has 0 aromatic heterocycles. The van der Waals surface area contributed by atoms with E-state index in [4.69, 9.17) is 10.5 Å². The van der Waals surface area contributed by atoms with Gasteiger partial charge in [0.1, 0.15) is 17.9 Å². The van der Waals surface area contributed by atoms with Crippen LogP contribution in [-0.4, -0.2) is 56.0 Å². The molecule has 0 aliphatic heterocycles. The van der Waals surface area contributed by atoms with Gasteiger partial charge in [0, 0.05) is 19.3 Å². The van der Waals surface area contributed by atoms with Crippen molar-refractivity contribution < 1.29 is 19.2 Å². The van der Waals surface area contributed by atoms with Gasteiger partial charge in [0.25, 0.3) is 0 Å². The molecule has 0 atom stereocenters. The Bertz CT molecular complexity index is 350. The number of carbonyl (C=O) groups excluding carboxylic acids is 4. The van der Waals surface area contributed by atoms with Crippen LogP contribution in [0.5, 0.6) is 0 Å². The Labute approximate surface area is 152 Å². The monoisotopic (exact) mass is 359 g/mol. The highest BCUT2D eigenvalue weighted by Crippen LogP contribution is 1.79. The Hall–Kier alpha value is -1.73. The maximum Gasteiger partial charge on any atom is 0.153 e. The van der Waals surface area contributed by atoms with Crippen LogP contribution in [0, 0.1) is 0 Å². The summed E-state index contributed by atoms with van der Waals surface area (Å²) in [6, 6.07) is 0. The molecule has 0 aromatic carbocycles. The van der Waals surface area contributed by atoms with Gasteiger partial charge in [-0.1, -0.05) is 27.7 Å². The van der Waals surface area contributed by atoms with Crippen LogP contribution < -0.4 is 11.1 Å². The van der Waals surface area contributed by atoms with Crippen LogP contribution in [0.25, 0.3) is 0 Å². The van der Waals surface area contributed by atoms with E-state index in [1.54, 1.807) is 13.1 Å². The molecular weight excluding hydrogens is 322 g/mol. The van der Waals surface area contributed by atoms with Crippen molar-refractivity contribution in [3.63, 3.8) is 0 Å². The molecule has 3 N–H and O–H groups in total. The first-order valence-electron chi connectivity index (χ1n) is 8.64. The second-order valence-corrected chi connectivity index (χ2v) is 4.50. The molecule has 0 bridgehead atoms. The van der Waals surface area contributed by atoms with E-state index in [-0.39, 0.29) is 23.9 Å². The Morgan fingerprint density at radius 3 is 1.60 bits per heavy atom. The number of nitrogens with one attached hydrogen (secondary N) is 1. The normalized spacial score (nSPS) is 8.76. The zero-order chi connectivity index (χ0) is 20.5. The maximum atomic E-state index is 10.5. The van der Waals surface area contributed by atoms with E-state index in [1.807, 2.05) is 27.7 Å².